The fraction of sp³-hybridized carbons (Fsp3) is 0.500. The standard InChI is InChI=1S/C18H25N5O/c1-13-16(14(2)22(3)21-13)10-18(24)20-12-15-6-7-17(19-11-15)23-8-4-5-9-23/h6-7,11H,4-5,8-10,12H2,1-3H3,(H,20,24). The van der Waals surface area contributed by atoms with E-state index >= 15 is 0 Å². The number of rotatable bonds is 5. The largest absolute Gasteiger partial charge is 0.357 e. The Morgan fingerprint density at radius 3 is 2.58 bits per heavy atom. The van der Waals surface area contributed by atoms with Gasteiger partial charge >= 0.3 is 0 Å². The lowest BCUT2D eigenvalue weighted by atomic mass is 10.1. The van der Waals surface area contributed by atoms with Crippen LogP contribution in [0.25, 0.3) is 0 Å². The Labute approximate surface area is 142 Å². The minimum absolute atomic E-state index is 0.0119. The van der Waals surface area contributed by atoms with Crippen molar-refractivity contribution in [2.45, 2.75) is 39.7 Å². The van der Waals surface area contributed by atoms with Gasteiger partial charge in [-0.2, -0.15) is 5.10 Å². The third-order valence-electron chi connectivity index (χ3n) is 4.73. The monoisotopic (exact) mass is 327 g/mol. The topological polar surface area (TPSA) is 63.1 Å². The van der Waals surface area contributed by atoms with E-state index < -0.39 is 0 Å². The van der Waals surface area contributed by atoms with Gasteiger partial charge in [0, 0.05) is 44.1 Å². The third-order valence-corrected chi connectivity index (χ3v) is 4.73. The zero-order chi connectivity index (χ0) is 17.1. The van der Waals surface area contributed by atoms with Crippen molar-refractivity contribution in [2.24, 2.45) is 7.05 Å². The van der Waals surface area contributed by atoms with E-state index in [1.807, 2.05) is 43.9 Å². The number of aromatic nitrogens is 3. The number of nitrogens with zero attached hydrogens (tertiary/aromatic N) is 4. The average Bonchev–Trinajstić information content (AvgIpc) is 3.18. The van der Waals surface area contributed by atoms with Crippen LogP contribution in [0.3, 0.4) is 0 Å². The zero-order valence-corrected chi connectivity index (χ0v) is 14.7. The maximum atomic E-state index is 12.2. The summed E-state index contributed by atoms with van der Waals surface area (Å²) < 4.78 is 1.82. The molecule has 0 aromatic carbocycles. The number of nitrogens with one attached hydrogen (secondary N) is 1. The molecule has 1 fully saturated rings. The van der Waals surface area contributed by atoms with E-state index in [-0.39, 0.29) is 5.91 Å². The molecule has 0 spiro atoms. The molecule has 128 valence electrons. The molecule has 0 radical (unpaired) electrons. The number of hydrogen-bond acceptors (Lipinski definition) is 4. The highest BCUT2D eigenvalue weighted by Crippen LogP contribution is 2.17. The molecule has 6 heteroatoms. The first-order valence-electron chi connectivity index (χ1n) is 8.50. The summed E-state index contributed by atoms with van der Waals surface area (Å²) >= 11 is 0. The predicted molar refractivity (Wildman–Crippen MR) is 93.9 cm³/mol. The van der Waals surface area contributed by atoms with Crippen LogP contribution >= 0.6 is 0 Å². The Bertz CT molecular complexity index is 714. The molecule has 6 nitrogen and oxygen atoms in total. The summed E-state index contributed by atoms with van der Waals surface area (Å²) in [5, 5.41) is 7.32. The second-order valence-electron chi connectivity index (χ2n) is 6.45. The summed E-state index contributed by atoms with van der Waals surface area (Å²) in [5.41, 5.74) is 3.99. The first-order chi connectivity index (χ1) is 11.5. The van der Waals surface area contributed by atoms with E-state index in [4.69, 9.17) is 0 Å². The maximum Gasteiger partial charge on any atom is 0.224 e. The van der Waals surface area contributed by atoms with Crippen molar-refractivity contribution < 1.29 is 4.79 Å². The molecule has 0 bridgehead atoms. The lowest BCUT2D eigenvalue weighted by Gasteiger charge is -2.16. The summed E-state index contributed by atoms with van der Waals surface area (Å²) in [6.45, 7) is 6.62. The van der Waals surface area contributed by atoms with Crippen LogP contribution in [-0.2, 0) is 24.8 Å². The van der Waals surface area contributed by atoms with Crippen molar-refractivity contribution in [3.8, 4) is 0 Å². The molecular weight excluding hydrogens is 302 g/mol. The Kier molecular flexibility index (Phi) is 4.83. The molecule has 3 rings (SSSR count). The Morgan fingerprint density at radius 2 is 2.00 bits per heavy atom. The van der Waals surface area contributed by atoms with Crippen molar-refractivity contribution in [2.75, 3.05) is 18.0 Å². The van der Waals surface area contributed by atoms with Crippen LogP contribution in [0.4, 0.5) is 5.82 Å². The van der Waals surface area contributed by atoms with Crippen LogP contribution in [0.15, 0.2) is 18.3 Å². The summed E-state index contributed by atoms with van der Waals surface area (Å²) in [7, 11) is 1.90. The van der Waals surface area contributed by atoms with Gasteiger partial charge in [0.15, 0.2) is 0 Å². The van der Waals surface area contributed by atoms with Crippen LogP contribution < -0.4 is 10.2 Å². The second-order valence-corrected chi connectivity index (χ2v) is 6.45. The van der Waals surface area contributed by atoms with Crippen LogP contribution in [0.1, 0.15) is 35.4 Å². The molecular formula is C18H25N5O. The minimum Gasteiger partial charge on any atom is -0.357 e. The van der Waals surface area contributed by atoms with Crippen LogP contribution in [0, 0.1) is 13.8 Å². The third kappa shape index (κ3) is 3.58. The summed E-state index contributed by atoms with van der Waals surface area (Å²) in [6, 6.07) is 4.09. The fourth-order valence-corrected chi connectivity index (χ4v) is 3.15. The number of amides is 1. The molecule has 24 heavy (non-hydrogen) atoms. The number of hydrogen-bond donors (Lipinski definition) is 1. The van der Waals surface area contributed by atoms with E-state index in [1.54, 1.807) is 0 Å². The highest BCUT2D eigenvalue weighted by Gasteiger charge is 2.14. The van der Waals surface area contributed by atoms with E-state index in [9.17, 15) is 4.79 Å². The lowest BCUT2D eigenvalue weighted by molar-refractivity contribution is -0.120. The molecule has 0 saturated carbocycles. The van der Waals surface area contributed by atoms with Gasteiger partial charge in [0.25, 0.3) is 0 Å². The number of carbonyl (C=O) groups is 1. The van der Waals surface area contributed by atoms with Crippen molar-refractivity contribution >= 4 is 11.7 Å². The van der Waals surface area contributed by atoms with Crippen molar-refractivity contribution in [3.05, 3.63) is 40.8 Å². The smallest absolute Gasteiger partial charge is 0.224 e. The number of carbonyl (C=O) groups excluding carboxylic acids is 1. The number of anilines is 1. The van der Waals surface area contributed by atoms with Gasteiger partial charge in [-0.1, -0.05) is 6.07 Å². The molecule has 1 aliphatic heterocycles. The summed E-state index contributed by atoms with van der Waals surface area (Å²) in [4.78, 5) is 19.0. The Morgan fingerprint density at radius 1 is 1.25 bits per heavy atom. The predicted octanol–water partition coefficient (Wildman–Crippen LogP) is 1.89. The van der Waals surface area contributed by atoms with Gasteiger partial charge in [0.05, 0.1) is 12.1 Å². The summed E-state index contributed by atoms with van der Waals surface area (Å²) in [5.74, 6) is 1.04. The van der Waals surface area contributed by atoms with Crippen molar-refractivity contribution in [1.82, 2.24) is 20.1 Å². The van der Waals surface area contributed by atoms with Crippen molar-refractivity contribution in [3.63, 3.8) is 0 Å². The molecule has 0 aliphatic carbocycles. The number of pyridine rings is 1. The first-order valence-corrected chi connectivity index (χ1v) is 8.50. The van der Waals surface area contributed by atoms with E-state index in [0.29, 0.717) is 13.0 Å². The van der Waals surface area contributed by atoms with E-state index in [2.05, 4.69) is 20.3 Å². The first kappa shape index (κ1) is 16.5. The average molecular weight is 327 g/mol. The zero-order valence-electron chi connectivity index (χ0n) is 14.7. The van der Waals surface area contributed by atoms with Crippen LogP contribution in [-0.4, -0.2) is 33.8 Å². The van der Waals surface area contributed by atoms with Gasteiger partial charge in [-0.15, -0.1) is 0 Å². The molecule has 1 saturated heterocycles. The van der Waals surface area contributed by atoms with Gasteiger partial charge in [-0.3, -0.25) is 9.48 Å². The van der Waals surface area contributed by atoms with Gasteiger partial charge in [-0.05, 0) is 38.3 Å². The molecule has 1 amide bonds. The van der Waals surface area contributed by atoms with Gasteiger partial charge < -0.3 is 10.2 Å². The molecule has 1 N–H and O–H groups in total. The van der Waals surface area contributed by atoms with Crippen molar-refractivity contribution in [1.29, 1.82) is 0 Å². The van der Waals surface area contributed by atoms with Gasteiger partial charge in [0.2, 0.25) is 5.91 Å². The van der Waals surface area contributed by atoms with E-state index in [0.717, 1.165) is 41.4 Å². The lowest BCUT2D eigenvalue weighted by Crippen LogP contribution is -2.25. The maximum absolute atomic E-state index is 12.2. The SMILES string of the molecule is Cc1nn(C)c(C)c1CC(=O)NCc1ccc(N2CCCC2)nc1. The van der Waals surface area contributed by atoms with Gasteiger partial charge in [-0.25, -0.2) is 4.98 Å². The van der Waals surface area contributed by atoms with E-state index in [1.165, 1.54) is 12.8 Å². The molecule has 3 heterocycles. The minimum atomic E-state index is 0.0119. The second kappa shape index (κ2) is 7.03. The van der Waals surface area contributed by atoms with Crippen LogP contribution in [0.2, 0.25) is 0 Å². The molecule has 2 aromatic rings. The summed E-state index contributed by atoms with van der Waals surface area (Å²) in [6.07, 6.45) is 4.71. The normalized spacial score (nSPS) is 14.2. The Hall–Kier alpha value is -2.37. The molecule has 0 atom stereocenters. The Balaban J connectivity index is 1.54. The number of aryl methyl sites for hydroxylation is 2. The molecule has 1 aliphatic rings. The molecule has 2 aromatic heterocycles. The van der Waals surface area contributed by atoms with Gasteiger partial charge in [0.1, 0.15) is 5.82 Å². The van der Waals surface area contributed by atoms with Crippen LogP contribution in [0.5, 0.6) is 0 Å². The quantitative estimate of drug-likeness (QED) is 0.911. The fourth-order valence-electron chi connectivity index (χ4n) is 3.15. The highest BCUT2D eigenvalue weighted by molar-refractivity contribution is 5.79. The molecule has 0 unspecified atom stereocenters. The highest BCUT2D eigenvalue weighted by atomic mass is 16.1.